The Kier molecular flexibility index (Phi) is 5.20. The number of rotatable bonds is 6. The average Bonchev–Trinajstić information content (AvgIpc) is 3.07. The fourth-order valence-corrected chi connectivity index (χ4v) is 3.10. The zero-order valence-electron chi connectivity index (χ0n) is 13.4. The molecule has 1 aliphatic carbocycles. The fraction of sp³-hybridized carbons (Fsp3) is 0.471. The van der Waals surface area contributed by atoms with Crippen LogP contribution in [0, 0.1) is 11.7 Å². The lowest BCUT2D eigenvalue weighted by Gasteiger charge is -2.21. The summed E-state index contributed by atoms with van der Waals surface area (Å²) in [6, 6.07) is 4.65. The lowest BCUT2D eigenvalue weighted by Crippen LogP contribution is -2.13. The number of carbonyl (C=O) groups is 1. The van der Waals surface area contributed by atoms with Gasteiger partial charge in [0.1, 0.15) is 11.5 Å². The van der Waals surface area contributed by atoms with Crippen LogP contribution in [0.5, 0.6) is 0 Å². The fourth-order valence-electron chi connectivity index (χ4n) is 3.10. The third-order valence-electron chi connectivity index (χ3n) is 4.44. The second-order valence-electron chi connectivity index (χ2n) is 6.21. The van der Waals surface area contributed by atoms with Crippen molar-refractivity contribution in [2.45, 2.75) is 38.7 Å². The molecule has 0 aliphatic heterocycles. The zero-order valence-corrected chi connectivity index (χ0v) is 13.4. The van der Waals surface area contributed by atoms with Gasteiger partial charge in [-0.25, -0.2) is 4.39 Å². The second kappa shape index (κ2) is 7.53. The van der Waals surface area contributed by atoms with E-state index in [1.54, 1.807) is 12.1 Å². The van der Waals surface area contributed by atoms with Gasteiger partial charge in [-0.3, -0.25) is 4.79 Å². The lowest BCUT2D eigenvalue weighted by atomic mass is 9.90. The zero-order chi connectivity index (χ0) is 16.9. The largest absolute Gasteiger partial charge is 0.376 e. The van der Waals surface area contributed by atoms with Crippen molar-refractivity contribution in [3.05, 3.63) is 35.3 Å². The smallest absolute Gasteiger partial charge is 0.271 e. The molecule has 2 aromatic rings. The molecule has 1 fully saturated rings. The van der Waals surface area contributed by atoms with Gasteiger partial charge in [0.15, 0.2) is 5.69 Å². The maximum absolute atomic E-state index is 14.3. The van der Waals surface area contributed by atoms with Crippen molar-refractivity contribution < 1.29 is 13.9 Å². The van der Waals surface area contributed by atoms with Crippen LogP contribution in [0.15, 0.2) is 18.2 Å². The molecule has 1 amide bonds. The van der Waals surface area contributed by atoms with E-state index in [1.165, 1.54) is 38.2 Å². The molecule has 0 radical (unpaired) electrons. The van der Waals surface area contributed by atoms with Crippen LogP contribution < -0.4 is 5.73 Å². The van der Waals surface area contributed by atoms with Crippen molar-refractivity contribution in [3.63, 3.8) is 0 Å². The molecular formula is C17H21FN4O2. The standard InChI is InChI=1S/C17H21FN4O2/c18-14-8-12(15-16(17(19)23)21-22-20-15)6-7-13(14)10-24-9-11-4-2-1-3-5-11/h6-8,11H,1-5,9-10H2,(H2,19,23)(H,20,21,22). The molecule has 0 saturated heterocycles. The van der Waals surface area contributed by atoms with Crippen LogP contribution in [0.4, 0.5) is 4.39 Å². The van der Waals surface area contributed by atoms with E-state index in [4.69, 9.17) is 10.5 Å². The molecule has 0 unspecified atom stereocenters. The first-order chi connectivity index (χ1) is 11.6. The van der Waals surface area contributed by atoms with Crippen LogP contribution in [0.25, 0.3) is 11.3 Å². The highest BCUT2D eigenvalue weighted by molar-refractivity contribution is 5.96. The number of H-pyrrole nitrogens is 1. The number of hydrogen-bond donors (Lipinski definition) is 2. The van der Waals surface area contributed by atoms with E-state index in [0.717, 1.165) is 0 Å². The monoisotopic (exact) mass is 332 g/mol. The minimum Gasteiger partial charge on any atom is -0.376 e. The van der Waals surface area contributed by atoms with Crippen LogP contribution >= 0.6 is 0 Å². The van der Waals surface area contributed by atoms with Gasteiger partial charge in [-0.15, -0.1) is 0 Å². The molecule has 24 heavy (non-hydrogen) atoms. The van der Waals surface area contributed by atoms with Crippen molar-refractivity contribution in [1.29, 1.82) is 0 Å². The quantitative estimate of drug-likeness (QED) is 0.850. The van der Waals surface area contributed by atoms with E-state index in [9.17, 15) is 9.18 Å². The van der Waals surface area contributed by atoms with Gasteiger partial charge in [0.25, 0.3) is 5.91 Å². The first-order valence-corrected chi connectivity index (χ1v) is 8.22. The molecule has 7 heteroatoms. The number of halogens is 1. The van der Waals surface area contributed by atoms with Crippen LogP contribution in [-0.4, -0.2) is 27.9 Å². The number of ether oxygens (including phenoxy) is 1. The predicted molar refractivity (Wildman–Crippen MR) is 86.5 cm³/mol. The summed E-state index contributed by atoms with van der Waals surface area (Å²) < 4.78 is 20.0. The molecule has 128 valence electrons. The molecule has 1 saturated carbocycles. The normalized spacial score (nSPS) is 15.5. The van der Waals surface area contributed by atoms with Crippen LogP contribution in [0.2, 0.25) is 0 Å². The topological polar surface area (TPSA) is 93.9 Å². The van der Waals surface area contributed by atoms with E-state index in [-0.39, 0.29) is 18.0 Å². The summed E-state index contributed by atoms with van der Waals surface area (Å²) in [4.78, 5) is 11.3. The number of aromatic nitrogens is 3. The summed E-state index contributed by atoms with van der Waals surface area (Å²) in [5.74, 6) is -0.511. The highest BCUT2D eigenvalue weighted by Crippen LogP contribution is 2.25. The number of benzene rings is 1. The summed E-state index contributed by atoms with van der Waals surface area (Å²) >= 11 is 0. The molecule has 3 N–H and O–H groups in total. The molecule has 3 rings (SSSR count). The van der Waals surface area contributed by atoms with Crippen molar-refractivity contribution in [2.75, 3.05) is 6.61 Å². The average molecular weight is 332 g/mol. The maximum Gasteiger partial charge on any atom is 0.271 e. The van der Waals surface area contributed by atoms with Gasteiger partial charge >= 0.3 is 0 Å². The Morgan fingerprint density at radius 1 is 1.29 bits per heavy atom. The Morgan fingerprint density at radius 3 is 2.79 bits per heavy atom. The predicted octanol–water partition coefficient (Wildman–Crippen LogP) is 2.81. The number of primary amides is 1. The molecule has 1 aromatic heterocycles. The maximum atomic E-state index is 14.3. The van der Waals surface area contributed by atoms with Crippen LogP contribution in [0.1, 0.15) is 48.2 Å². The third-order valence-corrected chi connectivity index (χ3v) is 4.44. The summed E-state index contributed by atoms with van der Waals surface area (Å²) in [5, 5.41) is 9.89. The number of amides is 1. The minimum atomic E-state index is -0.709. The van der Waals surface area contributed by atoms with Crippen LogP contribution in [0.3, 0.4) is 0 Å². The van der Waals surface area contributed by atoms with Crippen molar-refractivity contribution in [1.82, 2.24) is 15.4 Å². The molecule has 1 heterocycles. The Balaban J connectivity index is 1.64. The van der Waals surface area contributed by atoms with Crippen molar-refractivity contribution in [2.24, 2.45) is 11.7 Å². The van der Waals surface area contributed by atoms with Crippen molar-refractivity contribution >= 4 is 5.91 Å². The Bertz CT molecular complexity index is 710. The van der Waals surface area contributed by atoms with E-state index >= 15 is 0 Å². The highest BCUT2D eigenvalue weighted by Gasteiger charge is 2.17. The number of carbonyl (C=O) groups excluding carboxylic acids is 1. The third kappa shape index (κ3) is 3.79. The number of hydrogen-bond acceptors (Lipinski definition) is 4. The van der Waals surface area contributed by atoms with Gasteiger partial charge in [0.05, 0.1) is 6.61 Å². The minimum absolute atomic E-state index is 0.00398. The van der Waals surface area contributed by atoms with E-state index < -0.39 is 11.7 Å². The van der Waals surface area contributed by atoms with Gasteiger partial charge in [0, 0.05) is 17.7 Å². The Hall–Kier alpha value is -2.28. The van der Waals surface area contributed by atoms with Crippen molar-refractivity contribution in [3.8, 4) is 11.3 Å². The van der Waals surface area contributed by atoms with E-state index in [0.29, 0.717) is 23.7 Å². The first kappa shape index (κ1) is 16.6. The van der Waals surface area contributed by atoms with Gasteiger partial charge in [-0.1, -0.05) is 31.4 Å². The number of nitrogens with two attached hydrogens (primary N) is 1. The first-order valence-electron chi connectivity index (χ1n) is 8.22. The molecule has 1 aromatic carbocycles. The van der Waals surface area contributed by atoms with Crippen LogP contribution in [-0.2, 0) is 11.3 Å². The highest BCUT2D eigenvalue weighted by atomic mass is 19.1. The van der Waals surface area contributed by atoms with Gasteiger partial charge in [0.2, 0.25) is 0 Å². The Labute approximate surface area is 139 Å². The number of nitrogens with zero attached hydrogens (tertiary/aromatic N) is 2. The van der Waals surface area contributed by atoms with Gasteiger partial charge < -0.3 is 10.5 Å². The van der Waals surface area contributed by atoms with Gasteiger partial charge in [-0.05, 0) is 24.8 Å². The molecular weight excluding hydrogens is 311 g/mol. The molecule has 0 atom stereocenters. The molecule has 0 spiro atoms. The van der Waals surface area contributed by atoms with Gasteiger partial charge in [-0.2, -0.15) is 15.4 Å². The van der Waals surface area contributed by atoms with E-state index in [1.807, 2.05) is 0 Å². The summed E-state index contributed by atoms with van der Waals surface area (Å²) in [6.07, 6.45) is 6.23. The summed E-state index contributed by atoms with van der Waals surface area (Å²) in [6.45, 7) is 0.917. The number of nitrogens with one attached hydrogen (secondary N) is 1. The molecule has 0 bridgehead atoms. The summed E-state index contributed by atoms with van der Waals surface area (Å²) in [5.41, 5.74) is 6.40. The van der Waals surface area contributed by atoms with E-state index in [2.05, 4.69) is 15.4 Å². The lowest BCUT2D eigenvalue weighted by molar-refractivity contribution is 0.0723. The SMILES string of the molecule is NC(=O)c1n[nH]nc1-c1ccc(COCC2CCCCC2)c(F)c1. The molecule has 6 nitrogen and oxygen atoms in total. The number of aromatic amines is 1. The molecule has 1 aliphatic rings. The second-order valence-corrected chi connectivity index (χ2v) is 6.21. The summed E-state index contributed by atoms with van der Waals surface area (Å²) in [7, 11) is 0. The Morgan fingerprint density at radius 2 is 2.08 bits per heavy atom.